The van der Waals surface area contributed by atoms with Crippen molar-refractivity contribution in [1.82, 2.24) is 16.0 Å². The van der Waals surface area contributed by atoms with Crippen molar-refractivity contribution < 1.29 is 173 Å². The van der Waals surface area contributed by atoms with Gasteiger partial charge in [-0.3, -0.25) is 14.4 Å². The van der Waals surface area contributed by atoms with Gasteiger partial charge in [-0.05, 0) is 6.92 Å². The minimum Gasteiger partial charge on any atom is -0.394 e. The van der Waals surface area contributed by atoms with E-state index in [9.17, 15) is 111 Å². The number of aliphatic hydroxyl groups excluding tert-OH is 19. The molecule has 0 saturated carbocycles. The summed E-state index contributed by atoms with van der Waals surface area (Å²) in [5, 5.41) is 215. The van der Waals surface area contributed by atoms with Gasteiger partial charge in [0, 0.05) is 20.8 Å². The molecule has 87 heavy (non-hydrogen) atoms. The van der Waals surface area contributed by atoms with E-state index in [0.29, 0.717) is 0 Å². The lowest BCUT2D eigenvalue weighted by Crippen LogP contribution is -2.70. The number of carbonyl (C=O) groups excluding carboxylic acids is 3. The number of aliphatic hydroxyl groups is 19. The van der Waals surface area contributed by atoms with Crippen LogP contribution in [0.1, 0.15) is 27.7 Å². The molecular formula is C49H83N3O35. The Morgan fingerprint density at radius 1 is 0.310 bits per heavy atom. The second-order valence-electron chi connectivity index (χ2n) is 22.1. The predicted molar refractivity (Wildman–Crippen MR) is 270 cm³/mol. The first kappa shape index (κ1) is 71.6. The first-order valence-electron chi connectivity index (χ1n) is 27.9. The Kier molecular flexibility index (Phi) is 25.6. The lowest BCUT2D eigenvalue weighted by atomic mass is 9.92. The van der Waals surface area contributed by atoms with Crippen molar-refractivity contribution in [2.75, 3.05) is 46.2 Å². The van der Waals surface area contributed by atoms with Gasteiger partial charge >= 0.3 is 0 Å². The molecule has 504 valence electrons. The molecule has 7 fully saturated rings. The minimum atomic E-state index is -2.39. The molecule has 35 atom stereocenters. The van der Waals surface area contributed by atoms with Gasteiger partial charge < -0.3 is 175 Å². The summed E-state index contributed by atoms with van der Waals surface area (Å²) in [5.74, 6) is -2.31. The summed E-state index contributed by atoms with van der Waals surface area (Å²) in [6, 6.07) is -4.73. The van der Waals surface area contributed by atoms with Crippen molar-refractivity contribution in [2.24, 2.45) is 0 Å². The molecule has 38 nitrogen and oxygen atoms in total. The molecule has 22 N–H and O–H groups in total. The van der Waals surface area contributed by atoms with Crippen LogP contribution in [0.25, 0.3) is 0 Å². The SMILES string of the molecule is CC(=O)NC1[C@H](OC2C(O)[C@H](O)C(CO)O[C@@H]2O[C@@H]2C(O)[C@H](O[C@@H]3C(CO)O[C@@H](O[C@@H]4C(CO)O[C@@H](C)C(NC(C)=O)[C@H]4O)C(NC(C)=O)[C@H]3O)OC(CO[C@H]3OC(CO)[C@@H](O)[C@H](O)C3O)[C@H]2O)OC(CO)[C@@H](O[C@@H]2OC(CO)[C@H](O)[C@H](O)C2O)[C@@H]1O. The average Bonchev–Trinajstić information content (AvgIpc) is 1.27. The molecule has 38 heteroatoms. The van der Waals surface area contributed by atoms with E-state index in [1.807, 2.05) is 0 Å². The molecule has 7 heterocycles. The van der Waals surface area contributed by atoms with Gasteiger partial charge in [0.15, 0.2) is 37.7 Å². The number of nitrogens with one attached hydrogen (secondary N) is 3. The minimum absolute atomic E-state index is 0.582. The van der Waals surface area contributed by atoms with Crippen LogP contribution in [0, 0.1) is 0 Å². The van der Waals surface area contributed by atoms with Gasteiger partial charge in [-0.15, -0.1) is 0 Å². The average molecular weight is 1270 g/mol. The van der Waals surface area contributed by atoms with Crippen LogP contribution < -0.4 is 16.0 Å². The van der Waals surface area contributed by atoms with Crippen LogP contribution >= 0.6 is 0 Å². The second-order valence-corrected chi connectivity index (χ2v) is 22.1. The zero-order valence-corrected chi connectivity index (χ0v) is 47.2. The molecule has 0 aromatic rings. The van der Waals surface area contributed by atoms with Gasteiger partial charge in [-0.2, -0.15) is 0 Å². The molecule has 15 unspecified atom stereocenters. The third-order valence-corrected chi connectivity index (χ3v) is 16.0. The molecule has 7 saturated heterocycles. The standard InChI is InChI=1S/C49H83N3O35/c1-12-23(50-13(2)59)30(66)39(19(8-56)76-12)83-44-24(51-14(3)60)31(67)41(21(10-58)80-44)85-48-38(74)42(29(65)22(82-48)11-75-46-36(72)33(69)26(62)16(5-53)77-46)86-49-43(35(71)28(64)18(7-55)79-49)87-45-25(52-15(4)61)32(68)40(20(9-57)81-45)84-47-37(73)34(70)27(63)17(6-54)78-47/h12,16-49,53-58,62-74H,5-11H2,1-4H3,(H,50,59)(H,51,60)(H,52,61)/t12-,16?,17?,18?,19?,20?,21?,22?,23?,24?,25?,26+,27-,28+,29+,30+,31+,32+,33-,34-,35?,36?,37?,38?,39+,40+,41+,42-,43?,44-,45-,46-,47-,48-,49+/m0/s1. The first-order valence-corrected chi connectivity index (χ1v) is 27.9. The number of amides is 3. The maximum Gasteiger partial charge on any atom is 0.217 e. The predicted octanol–water partition coefficient (Wildman–Crippen LogP) is -14.8. The fourth-order valence-electron chi connectivity index (χ4n) is 11.3. The molecule has 0 spiro atoms. The number of hydrogen-bond acceptors (Lipinski definition) is 35. The molecule has 7 rings (SSSR count). The summed E-state index contributed by atoms with van der Waals surface area (Å²) in [6.45, 7) is -2.12. The number of carbonyl (C=O) groups is 3. The quantitative estimate of drug-likeness (QED) is 0.0479. The summed E-state index contributed by atoms with van der Waals surface area (Å²) in [4.78, 5) is 37.6. The van der Waals surface area contributed by atoms with Gasteiger partial charge in [-0.1, -0.05) is 0 Å². The van der Waals surface area contributed by atoms with Gasteiger partial charge in [0.1, 0.15) is 165 Å². The van der Waals surface area contributed by atoms with E-state index in [2.05, 4.69) is 16.0 Å². The first-order chi connectivity index (χ1) is 41.1. The molecule has 7 aliphatic heterocycles. The number of rotatable bonds is 22. The fraction of sp³-hybridized carbons (Fsp3) is 0.939. The van der Waals surface area contributed by atoms with Gasteiger partial charge in [0.05, 0.1) is 58.4 Å². The lowest BCUT2D eigenvalue weighted by molar-refractivity contribution is -0.397. The fourth-order valence-corrected chi connectivity index (χ4v) is 11.3. The molecule has 0 aliphatic carbocycles. The van der Waals surface area contributed by atoms with E-state index in [4.69, 9.17) is 61.6 Å². The second kappa shape index (κ2) is 31.2. The zero-order chi connectivity index (χ0) is 64.2. The van der Waals surface area contributed by atoms with Gasteiger partial charge in [0.25, 0.3) is 0 Å². The van der Waals surface area contributed by atoms with E-state index in [0.717, 1.165) is 20.8 Å². The van der Waals surface area contributed by atoms with Crippen LogP contribution in [0.2, 0.25) is 0 Å². The molecule has 0 aromatic heterocycles. The Bertz CT molecular complexity index is 2180. The summed E-state index contributed by atoms with van der Waals surface area (Å²) < 4.78 is 76.3. The maximum absolute atomic E-state index is 12.8. The highest BCUT2D eigenvalue weighted by Gasteiger charge is 2.59. The van der Waals surface area contributed by atoms with E-state index in [1.54, 1.807) is 0 Å². The number of hydrogen-bond donors (Lipinski definition) is 22. The summed E-state index contributed by atoms with van der Waals surface area (Å²) in [5.41, 5.74) is 0. The van der Waals surface area contributed by atoms with Crippen molar-refractivity contribution in [3.63, 3.8) is 0 Å². The molecule has 0 radical (unpaired) electrons. The van der Waals surface area contributed by atoms with Crippen LogP contribution in [0.15, 0.2) is 0 Å². The molecule has 0 aromatic carbocycles. The molecule has 7 aliphatic rings. The zero-order valence-electron chi connectivity index (χ0n) is 47.2. The highest BCUT2D eigenvalue weighted by molar-refractivity contribution is 5.74. The maximum atomic E-state index is 12.8. The summed E-state index contributed by atoms with van der Waals surface area (Å²) >= 11 is 0. The van der Waals surface area contributed by atoms with Crippen LogP contribution in [-0.2, 0) is 76.0 Å². The van der Waals surface area contributed by atoms with Crippen molar-refractivity contribution >= 4 is 17.7 Å². The van der Waals surface area contributed by atoms with Crippen LogP contribution in [-0.4, -0.2) is 376 Å². The van der Waals surface area contributed by atoms with Crippen LogP contribution in [0.5, 0.6) is 0 Å². The molecule has 0 bridgehead atoms. The Balaban J connectivity index is 1.20. The third-order valence-electron chi connectivity index (χ3n) is 16.0. The lowest BCUT2D eigenvalue weighted by Gasteiger charge is -2.51. The van der Waals surface area contributed by atoms with E-state index in [1.165, 1.54) is 6.92 Å². The Morgan fingerprint density at radius 3 is 1.08 bits per heavy atom. The molecular weight excluding hydrogens is 1190 g/mol. The van der Waals surface area contributed by atoms with Gasteiger partial charge in [0.2, 0.25) is 17.7 Å². The Morgan fingerprint density at radius 2 is 0.632 bits per heavy atom. The van der Waals surface area contributed by atoms with Crippen molar-refractivity contribution in [1.29, 1.82) is 0 Å². The van der Waals surface area contributed by atoms with Gasteiger partial charge in [-0.25, -0.2) is 0 Å². The normalized spacial score (nSPS) is 48.9. The smallest absolute Gasteiger partial charge is 0.217 e. The summed E-state index contributed by atoms with van der Waals surface area (Å²) in [7, 11) is 0. The summed E-state index contributed by atoms with van der Waals surface area (Å²) in [6.07, 6.45) is -61.2. The highest BCUT2D eigenvalue weighted by Crippen LogP contribution is 2.38. The monoisotopic (exact) mass is 1270 g/mol. The largest absolute Gasteiger partial charge is 0.394 e. The highest BCUT2D eigenvalue weighted by atomic mass is 16.8. The third kappa shape index (κ3) is 15.8. The Labute approximate surface area is 494 Å². The van der Waals surface area contributed by atoms with Crippen molar-refractivity contribution in [3.05, 3.63) is 0 Å². The topological polar surface area (TPSA) is 592 Å². The van der Waals surface area contributed by atoms with E-state index in [-0.39, 0.29) is 0 Å². The van der Waals surface area contributed by atoms with Crippen molar-refractivity contribution in [2.45, 2.75) is 242 Å². The number of ether oxygens (including phenoxy) is 13. The van der Waals surface area contributed by atoms with E-state index < -0.39 is 279 Å². The van der Waals surface area contributed by atoms with Crippen LogP contribution in [0.4, 0.5) is 0 Å². The van der Waals surface area contributed by atoms with E-state index >= 15 is 0 Å². The van der Waals surface area contributed by atoms with Crippen LogP contribution in [0.3, 0.4) is 0 Å². The molecule has 3 amide bonds. The Hall–Kier alpha value is -2.87. The van der Waals surface area contributed by atoms with Crippen molar-refractivity contribution in [3.8, 4) is 0 Å².